The van der Waals surface area contributed by atoms with Crippen LogP contribution in [0.5, 0.6) is 0 Å². The van der Waals surface area contributed by atoms with E-state index in [1.54, 1.807) is 6.92 Å². The van der Waals surface area contributed by atoms with Crippen molar-refractivity contribution in [3.05, 3.63) is 12.8 Å². The Bertz CT molecular complexity index is 184. The van der Waals surface area contributed by atoms with Crippen molar-refractivity contribution >= 4 is 5.97 Å². The van der Waals surface area contributed by atoms with E-state index >= 15 is 0 Å². The van der Waals surface area contributed by atoms with Crippen LogP contribution < -0.4 is 0 Å². The smallest absolute Gasteiger partial charge is 0.338 e. The summed E-state index contributed by atoms with van der Waals surface area (Å²) >= 11 is 0. The van der Waals surface area contributed by atoms with Gasteiger partial charge in [0, 0.05) is 6.42 Å². The van der Waals surface area contributed by atoms with E-state index in [9.17, 15) is 9.18 Å². The molecule has 5 heteroatoms. The molecular weight excluding hydrogens is 191 g/mol. The van der Waals surface area contributed by atoms with E-state index in [4.69, 9.17) is 14.6 Å². The summed E-state index contributed by atoms with van der Waals surface area (Å²) in [6.45, 7) is 5.49. The second-order valence-corrected chi connectivity index (χ2v) is 2.78. The number of ether oxygens (including phenoxy) is 2. The Morgan fingerprint density at radius 3 is 2.86 bits per heavy atom. The maximum atomic E-state index is 12.5. The molecule has 0 heterocycles. The predicted molar refractivity (Wildman–Crippen MR) is 48.7 cm³/mol. The van der Waals surface area contributed by atoms with Crippen LogP contribution in [0.3, 0.4) is 0 Å². The Morgan fingerprint density at radius 2 is 2.36 bits per heavy atom. The SMILES string of the molecule is C=COCC(C)OCCC(F)C(=O)O. The molecule has 0 amide bonds. The van der Waals surface area contributed by atoms with Crippen LogP contribution >= 0.6 is 0 Å². The van der Waals surface area contributed by atoms with Gasteiger partial charge in [0.25, 0.3) is 0 Å². The summed E-state index contributed by atoms with van der Waals surface area (Å²) in [4.78, 5) is 10.1. The van der Waals surface area contributed by atoms with E-state index < -0.39 is 12.1 Å². The monoisotopic (exact) mass is 206 g/mol. The third-order valence-electron chi connectivity index (χ3n) is 1.49. The number of alkyl halides is 1. The van der Waals surface area contributed by atoms with Gasteiger partial charge in [0.1, 0.15) is 6.61 Å². The number of hydrogen-bond acceptors (Lipinski definition) is 3. The molecule has 0 aromatic rings. The Morgan fingerprint density at radius 1 is 1.71 bits per heavy atom. The quantitative estimate of drug-likeness (QED) is 0.609. The second kappa shape index (κ2) is 7.32. The molecule has 0 radical (unpaired) electrons. The summed E-state index contributed by atoms with van der Waals surface area (Å²) in [5, 5.41) is 8.22. The van der Waals surface area contributed by atoms with E-state index in [2.05, 4.69) is 6.58 Å². The van der Waals surface area contributed by atoms with Crippen molar-refractivity contribution < 1.29 is 23.8 Å². The number of carboxylic acids is 1. The third kappa shape index (κ3) is 6.42. The minimum absolute atomic E-state index is 0.0646. The fourth-order valence-corrected chi connectivity index (χ4v) is 0.748. The van der Waals surface area contributed by atoms with Crippen LogP contribution in [-0.2, 0) is 14.3 Å². The van der Waals surface area contributed by atoms with Crippen molar-refractivity contribution in [3.8, 4) is 0 Å². The lowest BCUT2D eigenvalue weighted by Gasteiger charge is -2.12. The van der Waals surface area contributed by atoms with Crippen LogP contribution in [-0.4, -0.2) is 36.6 Å². The predicted octanol–water partition coefficient (Wildman–Crippen LogP) is 1.36. The van der Waals surface area contributed by atoms with Crippen LogP contribution in [0.25, 0.3) is 0 Å². The van der Waals surface area contributed by atoms with Crippen molar-refractivity contribution in [2.75, 3.05) is 13.2 Å². The average Bonchev–Trinajstić information content (AvgIpc) is 2.14. The molecule has 0 spiro atoms. The van der Waals surface area contributed by atoms with Crippen molar-refractivity contribution in [3.63, 3.8) is 0 Å². The first-order chi connectivity index (χ1) is 6.57. The standard InChI is InChI=1S/C9H15FO4/c1-3-13-6-7(2)14-5-4-8(10)9(11)12/h3,7-8H,1,4-6H2,2H3,(H,11,12). The highest BCUT2D eigenvalue weighted by molar-refractivity contribution is 5.71. The summed E-state index contributed by atoms with van der Waals surface area (Å²) in [6, 6.07) is 0. The molecule has 0 rings (SSSR count). The van der Waals surface area contributed by atoms with Gasteiger partial charge in [-0.3, -0.25) is 0 Å². The highest BCUT2D eigenvalue weighted by Gasteiger charge is 2.15. The molecule has 0 saturated carbocycles. The summed E-state index contributed by atoms with van der Waals surface area (Å²) in [6.07, 6.45) is -0.917. The topological polar surface area (TPSA) is 55.8 Å². The van der Waals surface area contributed by atoms with Gasteiger partial charge in [-0.2, -0.15) is 0 Å². The number of carbonyl (C=O) groups is 1. The fraction of sp³-hybridized carbons (Fsp3) is 0.667. The molecule has 0 aliphatic carbocycles. The average molecular weight is 206 g/mol. The maximum absolute atomic E-state index is 12.5. The van der Waals surface area contributed by atoms with Gasteiger partial charge in [-0.1, -0.05) is 6.58 Å². The van der Waals surface area contributed by atoms with Gasteiger partial charge in [-0.15, -0.1) is 0 Å². The van der Waals surface area contributed by atoms with Gasteiger partial charge in [-0.25, -0.2) is 9.18 Å². The largest absolute Gasteiger partial charge is 0.499 e. The van der Waals surface area contributed by atoms with Crippen LogP contribution in [0.1, 0.15) is 13.3 Å². The van der Waals surface area contributed by atoms with Crippen molar-refractivity contribution in [2.24, 2.45) is 0 Å². The minimum Gasteiger partial charge on any atom is -0.499 e. The zero-order valence-corrected chi connectivity index (χ0v) is 8.11. The van der Waals surface area contributed by atoms with E-state index in [1.807, 2.05) is 0 Å². The van der Waals surface area contributed by atoms with Gasteiger partial charge in [0.2, 0.25) is 0 Å². The molecule has 0 aliphatic heterocycles. The first-order valence-electron chi connectivity index (χ1n) is 4.29. The van der Waals surface area contributed by atoms with Crippen molar-refractivity contribution in [2.45, 2.75) is 25.6 Å². The maximum Gasteiger partial charge on any atom is 0.338 e. The fourth-order valence-electron chi connectivity index (χ4n) is 0.748. The van der Waals surface area contributed by atoms with E-state index in [0.29, 0.717) is 6.61 Å². The molecule has 0 bridgehead atoms. The zero-order valence-electron chi connectivity index (χ0n) is 8.11. The molecule has 0 fully saturated rings. The number of aliphatic carboxylic acids is 1. The van der Waals surface area contributed by atoms with Gasteiger partial charge < -0.3 is 14.6 Å². The Kier molecular flexibility index (Phi) is 6.74. The molecule has 0 aromatic heterocycles. The normalized spacial score (nSPS) is 14.4. The Labute approximate surface area is 82.3 Å². The zero-order chi connectivity index (χ0) is 11.0. The van der Waals surface area contributed by atoms with Crippen LogP contribution in [0, 0.1) is 0 Å². The van der Waals surface area contributed by atoms with Gasteiger partial charge >= 0.3 is 5.97 Å². The molecule has 0 aromatic carbocycles. The van der Waals surface area contributed by atoms with Crippen molar-refractivity contribution in [1.29, 1.82) is 0 Å². The minimum atomic E-state index is -1.86. The van der Waals surface area contributed by atoms with Crippen LogP contribution in [0.15, 0.2) is 12.8 Å². The first kappa shape index (κ1) is 12.9. The van der Waals surface area contributed by atoms with Gasteiger partial charge in [0.15, 0.2) is 6.17 Å². The molecule has 0 saturated heterocycles. The van der Waals surface area contributed by atoms with E-state index in [1.165, 1.54) is 6.26 Å². The molecular formula is C9H15FO4. The molecule has 1 N–H and O–H groups in total. The molecule has 82 valence electrons. The number of carboxylic acid groups (broad SMARTS) is 1. The van der Waals surface area contributed by atoms with E-state index in [0.717, 1.165) is 0 Å². The molecule has 4 nitrogen and oxygen atoms in total. The second-order valence-electron chi connectivity index (χ2n) is 2.78. The Hall–Kier alpha value is -1.10. The van der Waals surface area contributed by atoms with Crippen molar-refractivity contribution in [1.82, 2.24) is 0 Å². The number of rotatable bonds is 8. The number of hydrogen-bond donors (Lipinski definition) is 1. The lowest BCUT2D eigenvalue weighted by molar-refractivity contribution is -0.143. The summed E-state index contributed by atoms with van der Waals surface area (Å²) in [7, 11) is 0. The third-order valence-corrected chi connectivity index (χ3v) is 1.49. The van der Waals surface area contributed by atoms with E-state index in [-0.39, 0.29) is 19.1 Å². The first-order valence-corrected chi connectivity index (χ1v) is 4.29. The lowest BCUT2D eigenvalue weighted by atomic mass is 10.3. The summed E-state index contributed by atoms with van der Waals surface area (Å²) in [5.74, 6) is -1.46. The molecule has 14 heavy (non-hydrogen) atoms. The molecule has 2 unspecified atom stereocenters. The summed E-state index contributed by atoms with van der Waals surface area (Å²) < 4.78 is 22.4. The Balaban J connectivity index is 3.43. The summed E-state index contributed by atoms with van der Waals surface area (Å²) in [5.41, 5.74) is 0. The molecule has 2 atom stereocenters. The highest BCUT2D eigenvalue weighted by Crippen LogP contribution is 2.00. The van der Waals surface area contributed by atoms with Gasteiger partial charge in [-0.05, 0) is 6.92 Å². The van der Waals surface area contributed by atoms with Gasteiger partial charge in [0.05, 0.1) is 19.0 Å². The highest BCUT2D eigenvalue weighted by atomic mass is 19.1. The number of halogens is 1. The van der Waals surface area contributed by atoms with Crippen LogP contribution in [0.4, 0.5) is 4.39 Å². The van der Waals surface area contributed by atoms with Crippen LogP contribution in [0.2, 0.25) is 0 Å². The molecule has 0 aliphatic rings. The lowest BCUT2D eigenvalue weighted by Crippen LogP contribution is -2.20.